The van der Waals surface area contributed by atoms with Crippen LogP contribution in [-0.4, -0.2) is 23.1 Å². The molecule has 0 spiro atoms. The lowest BCUT2D eigenvalue weighted by Crippen LogP contribution is -2.36. The van der Waals surface area contributed by atoms with Gasteiger partial charge in [0.2, 0.25) is 5.91 Å². The van der Waals surface area contributed by atoms with Gasteiger partial charge < -0.3 is 4.90 Å². The van der Waals surface area contributed by atoms with Crippen LogP contribution in [0.5, 0.6) is 0 Å². The molecule has 2 fully saturated rings. The van der Waals surface area contributed by atoms with E-state index in [0.717, 1.165) is 30.7 Å². The summed E-state index contributed by atoms with van der Waals surface area (Å²) >= 11 is 14.1. The summed E-state index contributed by atoms with van der Waals surface area (Å²) in [5.74, 6) is 1.50. The van der Waals surface area contributed by atoms with Crippen molar-refractivity contribution in [1.29, 1.82) is 0 Å². The zero-order chi connectivity index (χ0) is 14.8. The van der Waals surface area contributed by atoms with Gasteiger partial charge in [0.15, 0.2) is 0 Å². The summed E-state index contributed by atoms with van der Waals surface area (Å²) in [6.07, 6.45) is 5.72. The van der Waals surface area contributed by atoms with Crippen molar-refractivity contribution in [2.75, 3.05) is 12.3 Å². The van der Waals surface area contributed by atoms with Gasteiger partial charge >= 0.3 is 0 Å². The van der Waals surface area contributed by atoms with Crippen molar-refractivity contribution >= 4 is 40.9 Å². The number of hydrogen-bond donors (Lipinski definition) is 0. The number of benzene rings is 1. The van der Waals surface area contributed by atoms with Crippen LogP contribution < -0.4 is 0 Å². The molecule has 2 aliphatic rings. The van der Waals surface area contributed by atoms with Gasteiger partial charge in [-0.15, -0.1) is 11.8 Å². The maximum Gasteiger partial charge on any atom is 0.226 e. The van der Waals surface area contributed by atoms with Gasteiger partial charge in [0.05, 0.1) is 0 Å². The third-order valence-electron chi connectivity index (χ3n) is 4.36. The maximum atomic E-state index is 12.8. The molecule has 1 saturated heterocycles. The van der Waals surface area contributed by atoms with Crippen LogP contribution in [0.25, 0.3) is 0 Å². The first-order chi connectivity index (χ1) is 10.2. The number of hydrogen-bond acceptors (Lipinski definition) is 2. The van der Waals surface area contributed by atoms with Crippen LogP contribution in [-0.2, 0) is 4.79 Å². The molecule has 0 aromatic heterocycles. The molecule has 21 heavy (non-hydrogen) atoms. The third-order valence-corrected chi connectivity index (χ3v) is 6.16. The Morgan fingerprint density at radius 2 is 1.95 bits per heavy atom. The van der Waals surface area contributed by atoms with Gasteiger partial charge in [-0.05, 0) is 25.0 Å². The smallest absolute Gasteiger partial charge is 0.226 e. The first-order valence-electron chi connectivity index (χ1n) is 7.54. The average Bonchev–Trinajstić information content (AvgIpc) is 2.96. The van der Waals surface area contributed by atoms with Crippen LogP contribution in [0.4, 0.5) is 0 Å². The topological polar surface area (TPSA) is 20.3 Å². The fraction of sp³-hybridized carbons (Fsp3) is 0.562. The van der Waals surface area contributed by atoms with Gasteiger partial charge in [0, 0.05) is 33.8 Å². The van der Waals surface area contributed by atoms with E-state index in [4.69, 9.17) is 23.2 Å². The number of amides is 1. The molecule has 1 amide bonds. The quantitative estimate of drug-likeness (QED) is 0.740. The summed E-state index contributed by atoms with van der Waals surface area (Å²) in [7, 11) is 0. The van der Waals surface area contributed by atoms with Crippen LogP contribution >= 0.6 is 35.0 Å². The van der Waals surface area contributed by atoms with E-state index >= 15 is 0 Å². The number of carbonyl (C=O) groups is 1. The van der Waals surface area contributed by atoms with Crippen molar-refractivity contribution in [2.45, 2.75) is 37.5 Å². The van der Waals surface area contributed by atoms with E-state index < -0.39 is 0 Å². The van der Waals surface area contributed by atoms with E-state index in [-0.39, 0.29) is 11.3 Å². The maximum absolute atomic E-state index is 12.8. The van der Waals surface area contributed by atoms with Crippen molar-refractivity contribution in [3.05, 3.63) is 33.8 Å². The van der Waals surface area contributed by atoms with E-state index in [1.165, 1.54) is 19.3 Å². The molecule has 1 heterocycles. The van der Waals surface area contributed by atoms with E-state index in [1.807, 2.05) is 17.0 Å². The minimum Gasteiger partial charge on any atom is -0.325 e. The number of carbonyl (C=O) groups excluding carboxylic acids is 1. The second kappa shape index (κ2) is 6.80. The third kappa shape index (κ3) is 3.35. The Morgan fingerprint density at radius 3 is 2.67 bits per heavy atom. The number of thioether (sulfide) groups is 1. The first-order valence-corrected chi connectivity index (χ1v) is 9.34. The largest absolute Gasteiger partial charge is 0.325 e. The Bertz CT molecular complexity index is 531. The van der Waals surface area contributed by atoms with Gasteiger partial charge in [-0.2, -0.15) is 0 Å². The molecule has 1 aliphatic carbocycles. The SMILES string of the molecule is O=C(C1CCCCC1)N1CCSC1c1ccc(Cl)cc1Cl. The fourth-order valence-electron chi connectivity index (χ4n) is 3.24. The van der Waals surface area contributed by atoms with Crippen molar-refractivity contribution in [2.24, 2.45) is 5.92 Å². The average molecular weight is 344 g/mol. The monoisotopic (exact) mass is 343 g/mol. The number of nitrogens with zero attached hydrogens (tertiary/aromatic N) is 1. The normalized spacial score (nSPS) is 23.5. The molecular formula is C16H19Cl2NOS. The summed E-state index contributed by atoms with van der Waals surface area (Å²) in [6.45, 7) is 0.823. The molecule has 0 N–H and O–H groups in total. The Kier molecular flexibility index (Phi) is 5.03. The summed E-state index contributed by atoms with van der Waals surface area (Å²) in [6, 6.07) is 5.57. The standard InChI is InChI=1S/C16H19Cl2NOS/c17-12-6-7-13(14(18)10-12)16-19(8-9-21-16)15(20)11-4-2-1-3-5-11/h6-7,10-11,16H,1-5,8-9H2. The van der Waals surface area contributed by atoms with Crippen molar-refractivity contribution in [3.8, 4) is 0 Å². The lowest BCUT2D eigenvalue weighted by atomic mass is 9.88. The van der Waals surface area contributed by atoms with Crippen LogP contribution in [0.15, 0.2) is 18.2 Å². The summed E-state index contributed by atoms with van der Waals surface area (Å²) in [4.78, 5) is 14.8. The van der Waals surface area contributed by atoms with Gasteiger partial charge in [0.25, 0.3) is 0 Å². The highest BCUT2D eigenvalue weighted by molar-refractivity contribution is 7.99. The highest BCUT2D eigenvalue weighted by Gasteiger charge is 2.35. The van der Waals surface area contributed by atoms with Crippen LogP contribution in [0.2, 0.25) is 10.0 Å². The molecular weight excluding hydrogens is 325 g/mol. The highest BCUT2D eigenvalue weighted by atomic mass is 35.5. The Balaban J connectivity index is 1.80. The van der Waals surface area contributed by atoms with E-state index in [2.05, 4.69) is 0 Å². The van der Waals surface area contributed by atoms with Gasteiger partial charge in [-0.25, -0.2) is 0 Å². The van der Waals surface area contributed by atoms with Crippen molar-refractivity contribution in [1.82, 2.24) is 4.90 Å². The molecule has 114 valence electrons. The summed E-state index contributed by atoms with van der Waals surface area (Å²) in [5, 5.41) is 1.34. The number of halogens is 2. The predicted octanol–water partition coefficient (Wildman–Crippen LogP) is 5.15. The molecule has 3 rings (SSSR count). The summed E-state index contributed by atoms with van der Waals surface area (Å²) in [5.41, 5.74) is 1.01. The first kappa shape index (κ1) is 15.5. The van der Waals surface area contributed by atoms with Gasteiger partial charge in [-0.3, -0.25) is 4.79 Å². The molecule has 1 saturated carbocycles. The van der Waals surface area contributed by atoms with Crippen LogP contribution in [0.1, 0.15) is 43.0 Å². The minimum atomic E-state index is 0.0455. The fourth-order valence-corrected chi connectivity index (χ4v) is 5.12. The van der Waals surface area contributed by atoms with E-state index in [0.29, 0.717) is 16.0 Å². The second-order valence-corrected chi connectivity index (χ2v) is 7.79. The molecule has 1 aromatic rings. The van der Waals surface area contributed by atoms with Crippen LogP contribution in [0, 0.1) is 5.92 Å². The predicted molar refractivity (Wildman–Crippen MR) is 89.9 cm³/mol. The molecule has 0 bridgehead atoms. The molecule has 2 nitrogen and oxygen atoms in total. The second-order valence-electron chi connectivity index (χ2n) is 5.76. The Morgan fingerprint density at radius 1 is 1.19 bits per heavy atom. The molecule has 1 atom stereocenters. The molecule has 0 radical (unpaired) electrons. The Hall–Kier alpha value is -0.380. The molecule has 1 aliphatic heterocycles. The van der Waals surface area contributed by atoms with E-state index in [1.54, 1.807) is 17.8 Å². The highest BCUT2D eigenvalue weighted by Crippen LogP contribution is 2.43. The number of rotatable bonds is 2. The lowest BCUT2D eigenvalue weighted by molar-refractivity contribution is -0.136. The molecule has 1 aromatic carbocycles. The van der Waals surface area contributed by atoms with Gasteiger partial charge in [-0.1, -0.05) is 48.5 Å². The Labute approximate surface area is 140 Å². The summed E-state index contributed by atoms with van der Waals surface area (Å²) < 4.78 is 0. The van der Waals surface area contributed by atoms with Gasteiger partial charge in [0.1, 0.15) is 5.37 Å². The minimum absolute atomic E-state index is 0.0455. The van der Waals surface area contributed by atoms with Crippen molar-refractivity contribution in [3.63, 3.8) is 0 Å². The molecule has 1 unspecified atom stereocenters. The van der Waals surface area contributed by atoms with Crippen LogP contribution in [0.3, 0.4) is 0 Å². The zero-order valence-electron chi connectivity index (χ0n) is 11.9. The van der Waals surface area contributed by atoms with Crippen molar-refractivity contribution < 1.29 is 4.79 Å². The van der Waals surface area contributed by atoms with E-state index in [9.17, 15) is 4.79 Å². The zero-order valence-corrected chi connectivity index (χ0v) is 14.2. The molecule has 5 heteroatoms. The lowest BCUT2D eigenvalue weighted by Gasteiger charge is -2.30.